The van der Waals surface area contributed by atoms with Crippen molar-refractivity contribution >= 4 is 26.6 Å². The second kappa shape index (κ2) is 8.18. The predicted octanol–water partition coefficient (Wildman–Crippen LogP) is 2.28. The number of hydrogen-bond acceptors (Lipinski definition) is 5. The molecule has 0 fully saturated rings. The molecular formula is C21H21F2N3O4S. The van der Waals surface area contributed by atoms with Crippen molar-refractivity contribution in [3.8, 4) is 11.1 Å². The smallest absolute Gasteiger partial charge is 0.261 e. The van der Waals surface area contributed by atoms with E-state index >= 15 is 0 Å². The number of amides is 1. The minimum atomic E-state index is -3.76. The summed E-state index contributed by atoms with van der Waals surface area (Å²) in [5, 5.41) is 2.57. The number of hydrogen-bond donors (Lipinski definition) is 1. The van der Waals surface area contributed by atoms with Gasteiger partial charge in [-0.1, -0.05) is 18.2 Å². The van der Waals surface area contributed by atoms with Crippen LogP contribution in [0.1, 0.15) is 13.3 Å². The highest BCUT2D eigenvalue weighted by Crippen LogP contribution is 2.26. The highest BCUT2D eigenvalue weighted by molar-refractivity contribution is 7.92. The van der Waals surface area contributed by atoms with Crippen LogP contribution in [0.5, 0.6) is 0 Å². The lowest BCUT2D eigenvalue weighted by Gasteiger charge is -2.25. The Hall–Kier alpha value is -3.14. The van der Waals surface area contributed by atoms with Crippen LogP contribution in [0.3, 0.4) is 0 Å². The molecule has 0 aliphatic carbocycles. The van der Waals surface area contributed by atoms with E-state index in [0.717, 1.165) is 12.3 Å². The van der Waals surface area contributed by atoms with E-state index in [4.69, 9.17) is 0 Å². The van der Waals surface area contributed by atoms with E-state index in [0.29, 0.717) is 5.56 Å². The number of sulfone groups is 1. The van der Waals surface area contributed by atoms with Crippen LogP contribution < -0.4 is 10.9 Å². The molecule has 0 aliphatic heterocycles. The van der Waals surface area contributed by atoms with Gasteiger partial charge in [-0.3, -0.25) is 14.2 Å². The second-order valence-corrected chi connectivity index (χ2v) is 9.85. The summed E-state index contributed by atoms with van der Waals surface area (Å²) in [6.45, 7) is 1.25. The van der Waals surface area contributed by atoms with Crippen LogP contribution in [0.25, 0.3) is 22.0 Å². The number of aryl methyl sites for hydroxylation is 1. The summed E-state index contributed by atoms with van der Waals surface area (Å²) in [6, 6.07) is 8.23. The fraction of sp³-hybridized carbons (Fsp3) is 0.286. The van der Waals surface area contributed by atoms with Crippen LogP contribution in [0.15, 0.2) is 47.5 Å². The summed E-state index contributed by atoms with van der Waals surface area (Å²) in [5.74, 6) is -2.64. The summed E-state index contributed by atoms with van der Waals surface area (Å²) in [7, 11) is -2.42. The Morgan fingerprint density at radius 2 is 1.94 bits per heavy atom. The Kier molecular flexibility index (Phi) is 5.95. The standard InChI is InChI=1S/C21H21F2N3O4S/c1-21(20(28)24-2,31(3,29)30)9-10-26-12-25-17-11-13(7-8-15(17)19(26)27)14-5-4-6-16(22)18(14)23/h4-8,11-12H,9-10H2,1-3H3,(H,24,28)/t21-/m1/s1. The zero-order valence-corrected chi connectivity index (χ0v) is 18.0. The van der Waals surface area contributed by atoms with Crippen molar-refractivity contribution in [2.45, 2.75) is 24.6 Å². The highest BCUT2D eigenvalue weighted by atomic mass is 32.2. The van der Waals surface area contributed by atoms with Crippen LogP contribution >= 0.6 is 0 Å². The van der Waals surface area contributed by atoms with Gasteiger partial charge in [-0.2, -0.15) is 0 Å². The Bertz CT molecular complexity index is 1340. The number of aromatic nitrogens is 2. The van der Waals surface area contributed by atoms with Crippen LogP contribution in [-0.4, -0.2) is 41.9 Å². The summed E-state index contributed by atoms with van der Waals surface area (Å²) in [6.07, 6.45) is 2.07. The number of nitrogens with zero attached hydrogens (tertiary/aromatic N) is 2. The molecule has 1 N–H and O–H groups in total. The summed E-state index contributed by atoms with van der Waals surface area (Å²) in [4.78, 5) is 29.2. The number of nitrogens with one attached hydrogen (secondary N) is 1. The highest BCUT2D eigenvalue weighted by Gasteiger charge is 2.42. The largest absolute Gasteiger partial charge is 0.358 e. The van der Waals surface area contributed by atoms with Crippen molar-refractivity contribution < 1.29 is 22.0 Å². The maximum Gasteiger partial charge on any atom is 0.261 e. The molecule has 3 aromatic rings. The first-order valence-corrected chi connectivity index (χ1v) is 11.2. The third kappa shape index (κ3) is 4.07. The molecule has 0 saturated carbocycles. The van der Waals surface area contributed by atoms with Gasteiger partial charge in [0.25, 0.3) is 5.56 Å². The number of fused-ring (bicyclic) bond motifs is 1. The first-order chi connectivity index (χ1) is 14.5. The van der Waals surface area contributed by atoms with E-state index in [2.05, 4.69) is 10.3 Å². The molecule has 164 valence electrons. The molecule has 10 heteroatoms. The van der Waals surface area contributed by atoms with Gasteiger partial charge >= 0.3 is 0 Å². The Morgan fingerprint density at radius 3 is 2.58 bits per heavy atom. The Labute approximate surface area is 177 Å². The van der Waals surface area contributed by atoms with Crippen LogP contribution in [0, 0.1) is 11.6 Å². The molecule has 0 saturated heterocycles. The average Bonchev–Trinajstić information content (AvgIpc) is 2.73. The van der Waals surface area contributed by atoms with Gasteiger partial charge in [0.2, 0.25) is 5.91 Å². The SMILES string of the molecule is CNC(=O)[C@@](C)(CCn1cnc2cc(-c3cccc(F)c3F)ccc2c1=O)S(C)(=O)=O. The number of halogens is 2. The third-order valence-electron chi connectivity index (χ3n) is 5.44. The zero-order chi connectivity index (χ0) is 23.0. The Morgan fingerprint density at radius 1 is 1.23 bits per heavy atom. The minimum absolute atomic E-state index is 0.0439. The van der Waals surface area contributed by atoms with Crippen molar-refractivity contribution in [1.29, 1.82) is 0 Å². The van der Waals surface area contributed by atoms with Gasteiger partial charge in [0.1, 0.15) is 4.75 Å². The minimum Gasteiger partial charge on any atom is -0.358 e. The van der Waals surface area contributed by atoms with Crippen molar-refractivity contribution in [3.63, 3.8) is 0 Å². The quantitative estimate of drug-likeness (QED) is 0.623. The van der Waals surface area contributed by atoms with E-state index in [9.17, 15) is 26.8 Å². The molecule has 0 unspecified atom stereocenters. The van der Waals surface area contributed by atoms with E-state index in [-0.39, 0.29) is 29.4 Å². The lowest BCUT2D eigenvalue weighted by atomic mass is 10.0. The number of carbonyl (C=O) groups excluding carboxylic acids is 1. The summed E-state index contributed by atoms with van der Waals surface area (Å²) in [5.41, 5.74) is 0.240. The molecule has 0 aliphatic rings. The van der Waals surface area contributed by atoms with Gasteiger partial charge in [-0.25, -0.2) is 22.2 Å². The van der Waals surface area contributed by atoms with Crippen molar-refractivity contribution in [2.75, 3.05) is 13.3 Å². The van der Waals surface area contributed by atoms with Gasteiger partial charge < -0.3 is 5.32 Å². The topological polar surface area (TPSA) is 98.1 Å². The monoisotopic (exact) mass is 449 g/mol. The molecule has 0 spiro atoms. The molecule has 3 rings (SSSR count). The molecule has 31 heavy (non-hydrogen) atoms. The lowest BCUT2D eigenvalue weighted by molar-refractivity contribution is -0.123. The first kappa shape index (κ1) is 22.5. The molecular weight excluding hydrogens is 428 g/mol. The Balaban J connectivity index is 1.98. The van der Waals surface area contributed by atoms with Gasteiger partial charge in [0, 0.05) is 25.4 Å². The summed E-state index contributed by atoms with van der Waals surface area (Å²) >= 11 is 0. The first-order valence-electron chi connectivity index (χ1n) is 9.35. The molecule has 1 aromatic heterocycles. The van der Waals surface area contributed by atoms with Crippen LogP contribution in [0.4, 0.5) is 8.78 Å². The molecule has 0 bridgehead atoms. The van der Waals surface area contributed by atoms with E-state index in [1.165, 1.54) is 55.2 Å². The van der Waals surface area contributed by atoms with Gasteiger partial charge in [0.15, 0.2) is 21.5 Å². The molecule has 7 nitrogen and oxygen atoms in total. The normalized spacial score (nSPS) is 13.7. The van der Waals surface area contributed by atoms with Gasteiger partial charge in [0.05, 0.1) is 17.2 Å². The van der Waals surface area contributed by atoms with E-state index in [1.807, 2.05) is 0 Å². The maximum atomic E-state index is 14.1. The van der Waals surface area contributed by atoms with Crippen molar-refractivity contribution in [3.05, 3.63) is 64.7 Å². The molecule has 1 atom stereocenters. The second-order valence-electron chi connectivity index (χ2n) is 7.41. The average molecular weight is 449 g/mol. The maximum absolute atomic E-state index is 14.1. The molecule has 0 radical (unpaired) electrons. The van der Waals surface area contributed by atoms with Crippen LogP contribution in [-0.2, 0) is 21.2 Å². The zero-order valence-electron chi connectivity index (χ0n) is 17.1. The fourth-order valence-corrected chi connectivity index (χ4v) is 4.18. The number of benzene rings is 2. The lowest BCUT2D eigenvalue weighted by Crippen LogP contribution is -2.49. The summed E-state index contributed by atoms with van der Waals surface area (Å²) < 4.78 is 51.5. The van der Waals surface area contributed by atoms with Gasteiger partial charge in [-0.15, -0.1) is 0 Å². The molecule has 1 heterocycles. The van der Waals surface area contributed by atoms with Crippen molar-refractivity contribution in [2.24, 2.45) is 0 Å². The van der Waals surface area contributed by atoms with E-state index < -0.39 is 37.7 Å². The van der Waals surface area contributed by atoms with Crippen LogP contribution in [0.2, 0.25) is 0 Å². The van der Waals surface area contributed by atoms with Crippen molar-refractivity contribution in [1.82, 2.24) is 14.9 Å². The number of carbonyl (C=O) groups is 1. The number of rotatable bonds is 6. The van der Waals surface area contributed by atoms with Gasteiger partial charge in [-0.05, 0) is 37.1 Å². The third-order valence-corrected chi connectivity index (χ3v) is 7.47. The predicted molar refractivity (Wildman–Crippen MR) is 113 cm³/mol. The molecule has 1 amide bonds. The van der Waals surface area contributed by atoms with E-state index in [1.54, 1.807) is 0 Å². The fourth-order valence-electron chi connectivity index (χ4n) is 3.28. The molecule has 2 aromatic carbocycles.